The summed E-state index contributed by atoms with van der Waals surface area (Å²) >= 11 is 0. The zero-order valence-electron chi connectivity index (χ0n) is 14.0. The molecular weight excluding hydrogens is 272 g/mol. The molecule has 2 nitrogen and oxygen atoms in total. The molecule has 0 amide bonds. The first-order valence-electron chi connectivity index (χ1n) is 8.59. The van der Waals surface area contributed by atoms with Crippen LogP contribution in [0.2, 0.25) is 0 Å². The molecule has 0 bridgehead atoms. The van der Waals surface area contributed by atoms with Gasteiger partial charge in [-0.2, -0.15) is 0 Å². The molecule has 0 fully saturated rings. The average Bonchev–Trinajstić information content (AvgIpc) is 2.50. The van der Waals surface area contributed by atoms with E-state index in [2.05, 4.69) is 55.5 Å². The Kier molecular flexibility index (Phi) is 16.2. The highest BCUT2D eigenvalue weighted by Gasteiger charge is 1.92. The Morgan fingerprint density at radius 1 is 0.727 bits per heavy atom. The first-order valence-corrected chi connectivity index (χ1v) is 8.59. The number of rotatable bonds is 14. The SMILES string of the molecule is CCCCCC=CCC=CC/C=C\C/C=C\CCCC(=O)O. The lowest BCUT2D eigenvalue weighted by atomic mass is 10.2. The van der Waals surface area contributed by atoms with Crippen molar-refractivity contribution in [2.75, 3.05) is 0 Å². The molecule has 2 heteroatoms. The fourth-order valence-electron chi connectivity index (χ4n) is 1.93. The van der Waals surface area contributed by atoms with Gasteiger partial charge in [-0.1, -0.05) is 68.4 Å². The van der Waals surface area contributed by atoms with E-state index in [9.17, 15) is 4.79 Å². The van der Waals surface area contributed by atoms with Crippen LogP contribution in [0, 0.1) is 0 Å². The van der Waals surface area contributed by atoms with E-state index < -0.39 is 5.97 Å². The Balaban J connectivity index is 3.40. The Morgan fingerprint density at radius 2 is 1.18 bits per heavy atom. The fraction of sp³-hybridized carbons (Fsp3) is 0.550. The zero-order chi connectivity index (χ0) is 16.3. The second kappa shape index (κ2) is 17.5. The summed E-state index contributed by atoms with van der Waals surface area (Å²) in [6, 6.07) is 0. The van der Waals surface area contributed by atoms with E-state index in [-0.39, 0.29) is 6.42 Å². The van der Waals surface area contributed by atoms with Gasteiger partial charge in [0.1, 0.15) is 0 Å². The van der Waals surface area contributed by atoms with Gasteiger partial charge in [-0.25, -0.2) is 0 Å². The molecule has 0 atom stereocenters. The average molecular weight is 304 g/mol. The van der Waals surface area contributed by atoms with Crippen LogP contribution < -0.4 is 0 Å². The van der Waals surface area contributed by atoms with Crippen molar-refractivity contribution in [1.82, 2.24) is 0 Å². The molecular formula is C20H32O2. The van der Waals surface area contributed by atoms with Gasteiger partial charge < -0.3 is 5.11 Å². The molecule has 0 aliphatic rings. The third-order valence-electron chi connectivity index (χ3n) is 3.22. The van der Waals surface area contributed by atoms with E-state index in [4.69, 9.17) is 5.11 Å². The van der Waals surface area contributed by atoms with Crippen molar-refractivity contribution >= 4 is 5.97 Å². The molecule has 0 aromatic heterocycles. The molecule has 0 saturated heterocycles. The highest BCUT2D eigenvalue weighted by Crippen LogP contribution is 2.01. The lowest BCUT2D eigenvalue weighted by Gasteiger charge is -1.90. The summed E-state index contributed by atoms with van der Waals surface area (Å²) in [6.07, 6.45) is 27.3. The largest absolute Gasteiger partial charge is 0.481 e. The molecule has 0 aromatic carbocycles. The highest BCUT2D eigenvalue weighted by molar-refractivity contribution is 5.66. The predicted molar refractivity (Wildman–Crippen MR) is 96.0 cm³/mol. The van der Waals surface area contributed by atoms with Crippen molar-refractivity contribution < 1.29 is 9.90 Å². The molecule has 0 spiro atoms. The number of allylic oxidation sites excluding steroid dienone is 8. The van der Waals surface area contributed by atoms with E-state index in [1.807, 2.05) is 0 Å². The van der Waals surface area contributed by atoms with E-state index in [1.54, 1.807) is 0 Å². The first kappa shape index (κ1) is 20.4. The summed E-state index contributed by atoms with van der Waals surface area (Å²) in [5, 5.41) is 8.49. The third kappa shape index (κ3) is 18.4. The van der Waals surface area contributed by atoms with Crippen molar-refractivity contribution in [2.24, 2.45) is 0 Å². The summed E-state index contributed by atoms with van der Waals surface area (Å²) in [4.78, 5) is 10.3. The van der Waals surface area contributed by atoms with Crippen LogP contribution in [0.3, 0.4) is 0 Å². The standard InChI is InChI=1S/C20H32O2/c1-2-3-4-5-6-7-8-9-10-11-12-13-14-15-16-17-18-19-20(21)22/h6-7,9-10,12-13,15-16H,2-5,8,11,14,17-19H2,1H3,(H,21,22)/b7-6?,10-9?,13-12-,16-15-. The van der Waals surface area contributed by atoms with Gasteiger partial charge in [-0.3, -0.25) is 4.79 Å². The molecule has 0 aliphatic heterocycles. The molecule has 0 radical (unpaired) electrons. The third-order valence-corrected chi connectivity index (χ3v) is 3.22. The maximum absolute atomic E-state index is 10.3. The minimum Gasteiger partial charge on any atom is -0.481 e. The Labute approximate surface area is 136 Å². The van der Waals surface area contributed by atoms with Gasteiger partial charge in [0.2, 0.25) is 0 Å². The van der Waals surface area contributed by atoms with Gasteiger partial charge in [0.25, 0.3) is 0 Å². The number of unbranched alkanes of at least 4 members (excludes halogenated alkanes) is 4. The summed E-state index contributed by atoms with van der Waals surface area (Å²) < 4.78 is 0. The van der Waals surface area contributed by atoms with Crippen molar-refractivity contribution in [1.29, 1.82) is 0 Å². The molecule has 0 aromatic rings. The van der Waals surface area contributed by atoms with Gasteiger partial charge in [0.05, 0.1) is 0 Å². The second-order valence-corrected chi connectivity index (χ2v) is 5.37. The summed E-state index contributed by atoms with van der Waals surface area (Å²) in [5.41, 5.74) is 0. The van der Waals surface area contributed by atoms with Crippen molar-refractivity contribution in [3.05, 3.63) is 48.6 Å². The van der Waals surface area contributed by atoms with Gasteiger partial charge in [-0.05, 0) is 44.9 Å². The maximum atomic E-state index is 10.3. The number of carboxylic acids is 1. The second-order valence-electron chi connectivity index (χ2n) is 5.37. The molecule has 0 heterocycles. The van der Waals surface area contributed by atoms with Crippen LogP contribution in [0.1, 0.15) is 71.1 Å². The van der Waals surface area contributed by atoms with Crippen LogP contribution >= 0.6 is 0 Å². The van der Waals surface area contributed by atoms with Crippen LogP contribution in [-0.2, 0) is 4.79 Å². The van der Waals surface area contributed by atoms with Crippen molar-refractivity contribution in [2.45, 2.75) is 71.1 Å². The van der Waals surface area contributed by atoms with Crippen LogP contribution in [0.5, 0.6) is 0 Å². The van der Waals surface area contributed by atoms with E-state index in [0.717, 1.165) is 32.1 Å². The van der Waals surface area contributed by atoms with E-state index in [0.29, 0.717) is 0 Å². The Morgan fingerprint density at radius 3 is 1.64 bits per heavy atom. The topological polar surface area (TPSA) is 37.3 Å². The minimum absolute atomic E-state index is 0.262. The Hall–Kier alpha value is -1.57. The van der Waals surface area contributed by atoms with Gasteiger partial charge in [-0.15, -0.1) is 0 Å². The quantitative estimate of drug-likeness (QED) is 0.305. The van der Waals surface area contributed by atoms with Gasteiger partial charge in [0, 0.05) is 6.42 Å². The highest BCUT2D eigenvalue weighted by atomic mass is 16.4. The number of carbonyl (C=O) groups is 1. The zero-order valence-corrected chi connectivity index (χ0v) is 14.0. The summed E-state index contributed by atoms with van der Waals surface area (Å²) in [7, 11) is 0. The number of aliphatic carboxylic acids is 1. The van der Waals surface area contributed by atoms with E-state index >= 15 is 0 Å². The van der Waals surface area contributed by atoms with Gasteiger partial charge in [0.15, 0.2) is 0 Å². The van der Waals surface area contributed by atoms with Crippen molar-refractivity contribution in [3.8, 4) is 0 Å². The molecule has 22 heavy (non-hydrogen) atoms. The lowest BCUT2D eigenvalue weighted by molar-refractivity contribution is -0.137. The molecule has 0 aliphatic carbocycles. The maximum Gasteiger partial charge on any atom is 0.303 e. The molecule has 0 unspecified atom stereocenters. The molecule has 0 saturated carbocycles. The molecule has 124 valence electrons. The normalized spacial score (nSPS) is 12.4. The number of hydrogen-bond acceptors (Lipinski definition) is 1. The van der Waals surface area contributed by atoms with Gasteiger partial charge >= 0.3 is 5.97 Å². The van der Waals surface area contributed by atoms with E-state index in [1.165, 1.54) is 25.7 Å². The Bertz CT molecular complexity index is 362. The van der Waals surface area contributed by atoms with Crippen LogP contribution in [0.15, 0.2) is 48.6 Å². The summed E-state index contributed by atoms with van der Waals surface area (Å²) in [5.74, 6) is -0.712. The summed E-state index contributed by atoms with van der Waals surface area (Å²) in [6.45, 7) is 2.23. The smallest absolute Gasteiger partial charge is 0.303 e. The predicted octanol–water partition coefficient (Wildman–Crippen LogP) is 6.22. The van der Waals surface area contributed by atoms with Crippen molar-refractivity contribution in [3.63, 3.8) is 0 Å². The minimum atomic E-state index is -0.712. The monoisotopic (exact) mass is 304 g/mol. The number of carboxylic acid groups (broad SMARTS) is 1. The fourth-order valence-corrected chi connectivity index (χ4v) is 1.93. The molecule has 1 N–H and O–H groups in total. The molecule has 0 rings (SSSR count). The first-order chi connectivity index (χ1) is 10.8. The number of hydrogen-bond donors (Lipinski definition) is 1. The van der Waals surface area contributed by atoms with Crippen LogP contribution in [-0.4, -0.2) is 11.1 Å². The van der Waals surface area contributed by atoms with Crippen LogP contribution in [0.4, 0.5) is 0 Å². The lowest BCUT2D eigenvalue weighted by Crippen LogP contribution is -1.92. The van der Waals surface area contributed by atoms with Crippen LogP contribution in [0.25, 0.3) is 0 Å².